The summed E-state index contributed by atoms with van der Waals surface area (Å²) >= 11 is 3.41. The van der Waals surface area contributed by atoms with Crippen LogP contribution >= 0.6 is 13.6 Å². The van der Waals surface area contributed by atoms with Crippen LogP contribution in [-0.4, -0.2) is 0 Å². The Kier molecular flexibility index (Phi) is 6.07. The first kappa shape index (κ1) is 8.10. The Morgan fingerprint density at radius 1 is 1.57 bits per heavy atom. The van der Waals surface area contributed by atoms with E-state index in [9.17, 15) is 0 Å². The summed E-state index contributed by atoms with van der Waals surface area (Å²) in [6.45, 7) is 4.57. The van der Waals surface area contributed by atoms with Crippen molar-refractivity contribution < 1.29 is 15.2 Å². The van der Waals surface area contributed by atoms with E-state index in [1.54, 1.807) is 0 Å². The summed E-state index contributed by atoms with van der Waals surface area (Å²) in [6, 6.07) is 0. The van der Waals surface area contributed by atoms with Gasteiger partial charge >= 0.3 is 60.0 Å². The van der Waals surface area contributed by atoms with E-state index in [0.29, 0.717) is 0 Å². The average molecular weight is 216 g/mol. The van der Waals surface area contributed by atoms with Gasteiger partial charge in [-0.25, -0.2) is 0 Å². The van der Waals surface area contributed by atoms with Crippen molar-refractivity contribution >= 4 is 13.6 Å². The normalized spacial score (nSPS) is 9.14. The van der Waals surface area contributed by atoms with Gasteiger partial charge in [-0.15, -0.1) is 0 Å². The van der Waals surface area contributed by atoms with Crippen LogP contribution in [0.15, 0.2) is 0 Å². The van der Waals surface area contributed by atoms with Gasteiger partial charge in [-0.2, -0.15) is 0 Å². The molecule has 0 amide bonds. The molecule has 0 saturated heterocycles. The molecule has 0 aliphatic carbocycles. The molecular formula is C5H11BrZn. The van der Waals surface area contributed by atoms with Crippen molar-refractivity contribution in [2.45, 2.75) is 25.3 Å². The summed E-state index contributed by atoms with van der Waals surface area (Å²) in [4.78, 5) is 0. The number of hydrogen-bond donors (Lipinski definition) is 0. The third kappa shape index (κ3) is 7.10. The zero-order chi connectivity index (χ0) is 5.70. The Bertz CT molecular complexity index is 37.1. The van der Waals surface area contributed by atoms with E-state index in [-0.39, 0.29) is 15.2 Å². The summed E-state index contributed by atoms with van der Waals surface area (Å²) in [6.07, 6.45) is 1.44. The SMILES string of the molecule is CC(C)C[CH2][Zn][Br]. The standard InChI is InChI=1S/C5H11.BrH.Zn/c1-4-5(2)3;;/h5H,1,4H2,2-3H3;1H;/q;;+1/p-1. The molecule has 0 spiro atoms. The van der Waals surface area contributed by atoms with Gasteiger partial charge in [0.05, 0.1) is 0 Å². The zero-order valence-corrected chi connectivity index (χ0v) is 9.63. The molecule has 0 bridgehead atoms. The maximum atomic E-state index is 3.57. The van der Waals surface area contributed by atoms with E-state index in [0.717, 1.165) is 5.92 Å². The van der Waals surface area contributed by atoms with Gasteiger partial charge in [0, 0.05) is 0 Å². The molecule has 40 valence electrons. The summed E-state index contributed by atoms with van der Waals surface area (Å²) < 4.78 is 0. The van der Waals surface area contributed by atoms with Gasteiger partial charge in [-0.3, -0.25) is 0 Å². The van der Waals surface area contributed by atoms with Crippen LogP contribution < -0.4 is 0 Å². The first-order chi connectivity index (χ1) is 3.27. The van der Waals surface area contributed by atoms with Crippen LogP contribution in [0.5, 0.6) is 0 Å². The Labute approximate surface area is 60.0 Å². The third-order valence-corrected chi connectivity index (χ3v) is 5.25. The van der Waals surface area contributed by atoms with Crippen molar-refractivity contribution in [3.63, 3.8) is 0 Å². The Hall–Kier alpha value is 1.10. The van der Waals surface area contributed by atoms with Crippen molar-refractivity contribution in [2.75, 3.05) is 0 Å². The summed E-state index contributed by atoms with van der Waals surface area (Å²) in [5.41, 5.74) is 0. The molecule has 0 N–H and O–H groups in total. The van der Waals surface area contributed by atoms with E-state index < -0.39 is 0 Å². The van der Waals surface area contributed by atoms with Gasteiger partial charge in [-0.05, 0) is 0 Å². The van der Waals surface area contributed by atoms with Crippen molar-refractivity contribution in [2.24, 2.45) is 5.92 Å². The topological polar surface area (TPSA) is 0 Å². The molecule has 0 rings (SSSR count). The van der Waals surface area contributed by atoms with E-state index in [1.807, 2.05) is 0 Å². The molecule has 0 aromatic carbocycles. The molecule has 0 aromatic rings. The van der Waals surface area contributed by atoms with Crippen molar-refractivity contribution in [1.82, 2.24) is 0 Å². The fourth-order valence-electron chi connectivity index (χ4n) is 0.485. The molecule has 0 aliphatic rings. The first-order valence-corrected chi connectivity index (χ1v) is 11.9. The van der Waals surface area contributed by atoms with Crippen LogP contribution in [0.4, 0.5) is 0 Å². The van der Waals surface area contributed by atoms with Crippen molar-refractivity contribution in [3.8, 4) is 0 Å². The van der Waals surface area contributed by atoms with E-state index >= 15 is 0 Å². The molecular weight excluding hydrogens is 205 g/mol. The Morgan fingerprint density at radius 3 is 2.29 bits per heavy atom. The minimum absolute atomic E-state index is 0.157. The van der Waals surface area contributed by atoms with Crippen LogP contribution in [0, 0.1) is 5.92 Å². The van der Waals surface area contributed by atoms with Crippen LogP contribution in [-0.2, 0) is 15.2 Å². The number of rotatable bonds is 3. The van der Waals surface area contributed by atoms with Crippen LogP contribution in [0.1, 0.15) is 20.3 Å². The minimum atomic E-state index is -0.157. The molecule has 0 atom stereocenters. The molecule has 0 nitrogen and oxygen atoms in total. The molecule has 0 saturated carbocycles. The molecule has 0 unspecified atom stereocenters. The predicted octanol–water partition coefficient (Wildman–Crippen LogP) is 2.84. The maximum absolute atomic E-state index is 3.57. The molecule has 2 heteroatoms. The average Bonchev–Trinajstić information content (AvgIpc) is 1.61. The zero-order valence-electron chi connectivity index (χ0n) is 5.08. The fraction of sp³-hybridized carbons (Fsp3) is 1.00. The second-order valence-electron chi connectivity index (χ2n) is 2.23. The van der Waals surface area contributed by atoms with Crippen LogP contribution in [0.3, 0.4) is 0 Å². The predicted molar refractivity (Wildman–Crippen MR) is 33.2 cm³/mol. The third-order valence-electron chi connectivity index (χ3n) is 0.915. The Balaban J connectivity index is 2.68. The number of hydrogen-bond acceptors (Lipinski definition) is 0. The van der Waals surface area contributed by atoms with E-state index in [1.165, 1.54) is 11.4 Å². The molecule has 0 aliphatic heterocycles. The van der Waals surface area contributed by atoms with E-state index in [4.69, 9.17) is 0 Å². The van der Waals surface area contributed by atoms with Crippen LogP contribution in [0.2, 0.25) is 5.02 Å². The molecule has 0 aromatic heterocycles. The quantitative estimate of drug-likeness (QED) is 0.637. The van der Waals surface area contributed by atoms with Gasteiger partial charge in [0.1, 0.15) is 0 Å². The van der Waals surface area contributed by atoms with E-state index in [2.05, 4.69) is 27.5 Å². The van der Waals surface area contributed by atoms with Gasteiger partial charge in [-0.1, -0.05) is 0 Å². The molecule has 0 heterocycles. The monoisotopic (exact) mass is 214 g/mol. The second-order valence-corrected chi connectivity index (χ2v) is 8.62. The summed E-state index contributed by atoms with van der Waals surface area (Å²) in [5, 5.41) is 1.50. The summed E-state index contributed by atoms with van der Waals surface area (Å²) in [7, 11) is 0. The molecule has 0 fully saturated rings. The van der Waals surface area contributed by atoms with Crippen molar-refractivity contribution in [1.29, 1.82) is 0 Å². The van der Waals surface area contributed by atoms with Gasteiger partial charge < -0.3 is 0 Å². The van der Waals surface area contributed by atoms with Crippen molar-refractivity contribution in [3.05, 3.63) is 0 Å². The fourth-order valence-corrected chi connectivity index (χ4v) is 4.20. The Morgan fingerprint density at radius 2 is 2.14 bits per heavy atom. The van der Waals surface area contributed by atoms with Gasteiger partial charge in [0.15, 0.2) is 0 Å². The summed E-state index contributed by atoms with van der Waals surface area (Å²) in [5.74, 6) is 0.920. The number of halogens is 1. The second kappa shape index (κ2) is 5.24. The van der Waals surface area contributed by atoms with Crippen LogP contribution in [0.25, 0.3) is 0 Å². The van der Waals surface area contributed by atoms with Gasteiger partial charge in [0.25, 0.3) is 0 Å². The first-order valence-electron chi connectivity index (χ1n) is 2.83. The van der Waals surface area contributed by atoms with Gasteiger partial charge in [0.2, 0.25) is 0 Å². The molecule has 0 radical (unpaired) electrons. The molecule has 7 heavy (non-hydrogen) atoms.